The first kappa shape index (κ1) is 20.5. The number of aliphatic hydroxyl groups is 1. The third kappa shape index (κ3) is 4.87. The first-order chi connectivity index (χ1) is 15.1. The van der Waals surface area contributed by atoms with Crippen molar-refractivity contribution in [2.24, 2.45) is 0 Å². The highest BCUT2D eigenvalue weighted by Gasteiger charge is 2.17. The van der Waals surface area contributed by atoms with Crippen molar-refractivity contribution in [3.63, 3.8) is 0 Å². The minimum absolute atomic E-state index is 0.178. The number of hydrogen-bond donors (Lipinski definition) is 1. The van der Waals surface area contributed by atoms with Gasteiger partial charge in [0, 0.05) is 0 Å². The molecule has 0 spiro atoms. The fourth-order valence-corrected chi connectivity index (χ4v) is 3.27. The van der Waals surface area contributed by atoms with Crippen molar-refractivity contribution in [3.05, 3.63) is 96.1 Å². The van der Waals surface area contributed by atoms with Crippen LogP contribution in [-0.2, 0) is 11.2 Å². The predicted octanol–water partition coefficient (Wildman–Crippen LogP) is 4.86. The zero-order chi connectivity index (χ0) is 21.6. The molecule has 0 bridgehead atoms. The predicted molar refractivity (Wildman–Crippen MR) is 116 cm³/mol. The number of rotatable bonds is 7. The monoisotopic (exact) mass is 414 g/mol. The summed E-state index contributed by atoms with van der Waals surface area (Å²) >= 11 is 0. The van der Waals surface area contributed by atoms with Gasteiger partial charge >= 0.3 is 5.97 Å². The molecule has 0 radical (unpaired) electrons. The van der Waals surface area contributed by atoms with E-state index in [1.54, 1.807) is 18.2 Å². The number of carbonyl (C=O) groups excluding carboxylic acids is 1. The molecule has 0 amide bonds. The van der Waals surface area contributed by atoms with E-state index < -0.39 is 12.1 Å². The molecule has 0 aliphatic carbocycles. The lowest BCUT2D eigenvalue weighted by molar-refractivity contribution is 0.0594. The summed E-state index contributed by atoms with van der Waals surface area (Å²) < 4.78 is 10.4. The van der Waals surface area contributed by atoms with Crippen LogP contribution < -0.4 is 0 Å². The molecular formula is C25H22N2O4. The average Bonchev–Trinajstić information content (AvgIpc) is 3.33. The second kappa shape index (κ2) is 9.36. The van der Waals surface area contributed by atoms with Gasteiger partial charge in [0.2, 0.25) is 5.89 Å². The minimum atomic E-state index is -0.841. The Morgan fingerprint density at radius 2 is 1.74 bits per heavy atom. The summed E-state index contributed by atoms with van der Waals surface area (Å²) in [5.74, 6) is 0.0769. The zero-order valence-corrected chi connectivity index (χ0v) is 17.1. The normalized spacial score (nSPS) is 11.8. The van der Waals surface area contributed by atoms with Crippen molar-refractivity contribution in [1.82, 2.24) is 9.97 Å². The highest BCUT2D eigenvalue weighted by Crippen LogP contribution is 2.25. The SMILES string of the molecule is COC(=O)c1cccc(-c2cnc(C(O)CCc3ccc(-c4ccccc4)cc3)o2)n1. The van der Waals surface area contributed by atoms with Crippen LogP contribution in [0.25, 0.3) is 22.6 Å². The molecule has 2 aromatic carbocycles. The lowest BCUT2D eigenvalue weighted by atomic mass is 10.0. The number of pyridine rings is 1. The van der Waals surface area contributed by atoms with Crippen LogP contribution in [0.2, 0.25) is 0 Å². The average molecular weight is 414 g/mol. The molecule has 6 heteroatoms. The number of ether oxygens (including phenoxy) is 1. The van der Waals surface area contributed by atoms with Crippen molar-refractivity contribution in [3.8, 4) is 22.6 Å². The Hall–Kier alpha value is -3.77. The molecule has 4 aromatic rings. The fraction of sp³-hybridized carbons (Fsp3) is 0.160. The number of aryl methyl sites for hydroxylation is 1. The van der Waals surface area contributed by atoms with E-state index in [0.717, 1.165) is 11.1 Å². The van der Waals surface area contributed by atoms with Gasteiger partial charge in [-0.05, 0) is 41.7 Å². The van der Waals surface area contributed by atoms with Crippen LogP contribution in [0.3, 0.4) is 0 Å². The van der Waals surface area contributed by atoms with E-state index in [4.69, 9.17) is 4.42 Å². The molecule has 31 heavy (non-hydrogen) atoms. The maximum Gasteiger partial charge on any atom is 0.356 e. The summed E-state index contributed by atoms with van der Waals surface area (Å²) in [7, 11) is 1.30. The standard InChI is InChI=1S/C25H22N2O4/c1-30-25(29)21-9-5-8-20(27-21)23-16-26-24(31-23)22(28)15-12-17-10-13-19(14-11-17)18-6-3-2-4-7-18/h2-11,13-14,16,22,28H,12,15H2,1H3. The number of nitrogens with zero attached hydrogens (tertiary/aromatic N) is 2. The van der Waals surface area contributed by atoms with Crippen LogP contribution in [0, 0.1) is 0 Å². The van der Waals surface area contributed by atoms with Crippen molar-refractivity contribution in [1.29, 1.82) is 0 Å². The van der Waals surface area contributed by atoms with Gasteiger partial charge in [0.25, 0.3) is 0 Å². The maximum atomic E-state index is 11.7. The Labute approximate surface area is 180 Å². The van der Waals surface area contributed by atoms with E-state index in [9.17, 15) is 9.90 Å². The number of oxazole rings is 1. The number of aliphatic hydroxyl groups excluding tert-OH is 1. The molecule has 156 valence electrons. The highest BCUT2D eigenvalue weighted by molar-refractivity contribution is 5.87. The van der Waals surface area contributed by atoms with E-state index in [-0.39, 0.29) is 11.6 Å². The summed E-state index contributed by atoms with van der Waals surface area (Å²) in [6.07, 6.45) is 1.81. The molecular weight excluding hydrogens is 392 g/mol. The van der Waals surface area contributed by atoms with E-state index >= 15 is 0 Å². The van der Waals surface area contributed by atoms with E-state index in [1.165, 1.54) is 18.9 Å². The molecule has 6 nitrogen and oxygen atoms in total. The van der Waals surface area contributed by atoms with Crippen LogP contribution in [-0.4, -0.2) is 28.2 Å². The number of carbonyl (C=O) groups is 1. The number of hydrogen-bond acceptors (Lipinski definition) is 6. The molecule has 1 N–H and O–H groups in total. The summed E-state index contributed by atoms with van der Waals surface area (Å²) in [6, 6.07) is 23.4. The first-order valence-corrected chi connectivity index (χ1v) is 9.98. The molecule has 2 aromatic heterocycles. The molecule has 0 fully saturated rings. The third-order valence-electron chi connectivity index (χ3n) is 4.97. The van der Waals surface area contributed by atoms with Gasteiger partial charge in [0.05, 0.1) is 13.3 Å². The number of benzene rings is 2. The van der Waals surface area contributed by atoms with Gasteiger partial charge in [0.1, 0.15) is 17.5 Å². The van der Waals surface area contributed by atoms with Gasteiger partial charge in [-0.1, -0.05) is 60.7 Å². The van der Waals surface area contributed by atoms with Crippen molar-refractivity contribution in [2.45, 2.75) is 18.9 Å². The molecule has 0 aliphatic heterocycles. The Morgan fingerprint density at radius 1 is 1.00 bits per heavy atom. The Bertz CT molecular complexity index is 1150. The highest BCUT2D eigenvalue weighted by atomic mass is 16.5. The Morgan fingerprint density at radius 3 is 2.48 bits per heavy atom. The molecule has 0 saturated carbocycles. The van der Waals surface area contributed by atoms with Crippen molar-refractivity contribution < 1.29 is 19.1 Å². The quantitative estimate of drug-likeness (QED) is 0.435. The van der Waals surface area contributed by atoms with Gasteiger partial charge in [-0.25, -0.2) is 14.8 Å². The van der Waals surface area contributed by atoms with Crippen molar-refractivity contribution >= 4 is 5.97 Å². The number of aromatic nitrogens is 2. The zero-order valence-electron chi connectivity index (χ0n) is 17.1. The summed E-state index contributed by atoms with van der Waals surface area (Å²) in [5.41, 5.74) is 4.08. The Kier molecular flexibility index (Phi) is 6.19. The van der Waals surface area contributed by atoms with Crippen LogP contribution in [0.5, 0.6) is 0 Å². The summed E-state index contributed by atoms with van der Waals surface area (Å²) in [6.45, 7) is 0. The van der Waals surface area contributed by atoms with Gasteiger partial charge in [-0.15, -0.1) is 0 Å². The summed E-state index contributed by atoms with van der Waals surface area (Å²) in [5, 5.41) is 10.5. The van der Waals surface area contributed by atoms with E-state index in [0.29, 0.717) is 24.3 Å². The smallest absolute Gasteiger partial charge is 0.356 e. The summed E-state index contributed by atoms with van der Waals surface area (Å²) in [4.78, 5) is 20.1. The van der Waals surface area contributed by atoms with E-state index in [1.807, 2.05) is 18.2 Å². The third-order valence-corrected chi connectivity index (χ3v) is 4.97. The van der Waals surface area contributed by atoms with Gasteiger partial charge in [0.15, 0.2) is 5.76 Å². The second-order valence-corrected chi connectivity index (χ2v) is 7.08. The van der Waals surface area contributed by atoms with E-state index in [2.05, 4.69) is 51.1 Å². The van der Waals surface area contributed by atoms with Crippen molar-refractivity contribution in [2.75, 3.05) is 7.11 Å². The number of esters is 1. The van der Waals surface area contributed by atoms with Crippen LogP contribution in [0.1, 0.15) is 34.5 Å². The maximum absolute atomic E-state index is 11.7. The largest absolute Gasteiger partial charge is 0.464 e. The van der Waals surface area contributed by atoms with Crippen LogP contribution >= 0.6 is 0 Å². The van der Waals surface area contributed by atoms with Gasteiger partial charge in [-0.3, -0.25) is 0 Å². The molecule has 2 heterocycles. The topological polar surface area (TPSA) is 85.5 Å². The van der Waals surface area contributed by atoms with Gasteiger partial charge in [-0.2, -0.15) is 0 Å². The second-order valence-electron chi connectivity index (χ2n) is 7.08. The lowest BCUT2D eigenvalue weighted by Crippen LogP contribution is -2.04. The fourth-order valence-electron chi connectivity index (χ4n) is 3.27. The Balaban J connectivity index is 1.39. The molecule has 1 unspecified atom stereocenters. The molecule has 0 saturated heterocycles. The molecule has 1 atom stereocenters. The van der Waals surface area contributed by atoms with Crippen LogP contribution in [0.4, 0.5) is 0 Å². The number of methoxy groups -OCH3 is 1. The molecule has 4 rings (SSSR count). The lowest BCUT2D eigenvalue weighted by Gasteiger charge is -2.08. The van der Waals surface area contributed by atoms with Crippen LogP contribution in [0.15, 0.2) is 83.4 Å². The van der Waals surface area contributed by atoms with Gasteiger partial charge < -0.3 is 14.3 Å². The minimum Gasteiger partial charge on any atom is -0.464 e. The first-order valence-electron chi connectivity index (χ1n) is 9.98. The molecule has 0 aliphatic rings.